The molecule has 0 aliphatic carbocycles. The maximum Gasteiger partial charge on any atom is 0.241 e. The highest BCUT2D eigenvalue weighted by Crippen LogP contribution is 2.28. The van der Waals surface area contributed by atoms with Gasteiger partial charge in [-0.05, 0) is 31.2 Å². The number of anilines is 1. The van der Waals surface area contributed by atoms with Crippen molar-refractivity contribution in [3.63, 3.8) is 0 Å². The van der Waals surface area contributed by atoms with Crippen LogP contribution in [0.1, 0.15) is 31.6 Å². The van der Waals surface area contributed by atoms with Gasteiger partial charge in [0.25, 0.3) is 0 Å². The molecule has 2 aromatic rings. The van der Waals surface area contributed by atoms with Crippen LogP contribution in [0.5, 0.6) is 0 Å². The lowest BCUT2D eigenvalue weighted by atomic mass is 9.99. The molecule has 0 atom stereocenters. The van der Waals surface area contributed by atoms with E-state index in [4.69, 9.17) is 0 Å². The fourth-order valence-electron chi connectivity index (χ4n) is 2.75. The maximum atomic E-state index is 12.3. The molecule has 2 aromatic heterocycles. The predicted molar refractivity (Wildman–Crippen MR) is 90.3 cm³/mol. The molecule has 1 fully saturated rings. The highest BCUT2D eigenvalue weighted by atomic mass is 32.1. The van der Waals surface area contributed by atoms with Gasteiger partial charge in [0.2, 0.25) is 5.91 Å². The van der Waals surface area contributed by atoms with Gasteiger partial charge in [-0.1, -0.05) is 13.8 Å². The molecule has 6 heteroatoms. The minimum absolute atomic E-state index is 0.157. The Morgan fingerprint density at radius 1 is 1.41 bits per heavy atom. The Hall–Kier alpha value is -1.69. The highest BCUT2D eigenvalue weighted by Gasteiger charge is 2.20. The Balaban J connectivity index is 1.66. The van der Waals surface area contributed by atoms with E-state index in [1.54, 1.807) is 17.7 Å². The standard InChI is InChI=1S/C16H22N4OS/c1-3-12-8-13-15(18-10-19-16(13)22-12)17-9-14(21)20-6-4-11(2)5-7-20/h8,10-11H,3-7,9H2,1-2H3,(H,17,18,19). The topological polar surface area (TPSA) is 58.1 Å². The third-order valence-electron chi connectivity index (χ3n) is 4.27. The highest BCUT2D eigenvalue weighted by molar-refractivity contribution is 7.18. The second kappa shape index (κ2) is 6.60. The molecule has 1 aliphatic heterocycles. The summed E-state index contributed by atoms with van der Waals surface area (Å²) >= 11 is 1.69. The molecule has 118 valence electrons. The molecule has 0 bridgehead atoms. The minimum atomic E-state index is 0.157. The van der Waals surface area contributed by atoms with Crippen molar-refractivity contribution in [2.75, 3.05) is 25.0 Å². The van der Waals surface area contributed by atoms with Gasteiger partial charge >= 0.3 is 0 Å². The summed E-state index contributed by atoms with van der Waals surface area (Å²) in [6, 6.07) is 2.12. The van der Waals surface area contributed by atoms with E-state index in [-0.39, 0.29) is 5.91 Å². The average Bonchev–Trinajstić information content (AvgIpc) is 2.97. The lowest BCUT2D eigenvalue weighted by Crippen LogP contribution is -2.41. The fraction of sp³-hybridized carbons (Fsp3) is 0.562. The molecule has 3 rings (SSSR count). The van der Waals surface area contributed by atoms with E-state index in [0.717, 1.165) is 54.3 Å². The first kappa shape index (κ1) is 15.2. The monoisotopic (exact) mass is 318 g/mol. The molecule has 22 heavy (non-hydrogen) atoms. The quantitative estimate of drug-likeness (QED) is 0.941. The first-order valence-corrected chi connectivity index (χ1v) is 8.74. The number of hydrogen-bond donors (Lipinski definition) is 1. The number of piperidine rings is 1. The van der Waals surface area contributed by atoms with Crippen LogP contribution in [0.25, 0.3) is 10.2 Å². The van der Waals surface area contributed by atoms with Crippen LogP contribution in [-0.2, 0) is 11.2 Å². The molecule has 1 aliphatic rings. The van der Waals surface area contributed by atoms with E-state index in [2.05, 4.69) is 35.2 Å². The van der Waals surface area contributed by atoms with Crippen LogP contribution in [0.2, 0.25) is 0 Å². The molecule has 3 heterocycles. The number of rotatable bonds is 4. The summed E-state index contributed by atoms with van der Waals surface area (Å²) in [6.07, 6.45) is 4.76. The van der Waals surface area contributed by atoms with Crippen LogP contribution in [0.3, 0.4) is 0 Å². The third-order valence-corrected chi connectivity index (χ3v) is 5.46. The zero-order valence-corrected chi connectivity index (χ0v) is 13.9. The van der Waals surface area contributed by atoms with Crippen molar-refractivity contribution in [2.45, 2.75) is 33.1 Å². The zero-order valence-electron chi connectivity index (χ0n) is 13.1. The van der Waals surface area contributed by atoms with Gasteiger partial charge in [0.15, 0.2) is 0 Å². The Kier molecular flexibility index (Phi) is 4.57. The first-order chi connectivity index (χ1) is 10.7. The summed E-state index contributed by atoms with van der Waals surface area (Å²) in [5.41, 5.74) is 0. The second-order valence-corrected chi connectivity index (χ2v) is 7.04. The SMILES string of the molecule is CCc1cc2c(NCC(=O)N3CCC(C)CC3)ncnc2s1. The molecule has 1 N–H and O–H groups in total. The first-order valence-electron chi connectivity index (χ1n) is 7.92. The molecule has 0 saturated carbocycles. The molecule has 0 spiro atoms. The predicted octanol–water partition coefficient (Wildman–Crippen LogP) is 2.92. The van der Waals surface area contributed by atoms with Crippen molar-refractivity contribution in [1.29, 1.82) is 0 Å². The molecular weight excluding hydrogens is 296 g/mol. The van der Waals surface area contributed by atoms with Crippen LogP contribution in [-0.4, -0.2) is 40.4 Å². The number of aryl methyl sites for hydroxylation is 1. The van der Waals surface area contributed by atoms with Crippen molar-refractivity contribution in [3.8, 4) is 0 Å². The Morgan fingerprint density at radius 3 is 2.91 bits per heavy atom. The summed E-state index contributed by atoms with van der Waals surface area (Å²) < 4.78 is 0. The number of likely N-dealkylation sites (tertiary alicyclic amines) is 1. The number of carbonyl (C=O) groups is 1. The molecule has 1 saturated heterocycles. The summed E-state index contributed by atoms with van der Waals surface area (Å²) in [6.45, 7) is 6.43. The van der Waals surface area contributed by atoms with Crippen LogP contribution >= 0.6 is 11.3 Å². The van der Waals surface area contributed by atoms with Gasteiger partial charge in [-0.3, -0.25) is 4.79 Å². The van der Waals surface area contributed by atoms with Crippen molar-refractivity contribution in [1.82, 2.24) is 14.9 Å². The Morgan fingerprint density at radius 2 is 2.18 bits per heavy atom. The van der Waals surface area contributed by atoms with Gasteiger partial charge in [-0.25, -0.2) is 9.97 Å². The lowest BCUT2D eigenvalue weighted by molar-refractivity contribution is -0.130. The van der Waals surface area contributed by atoms with Crippen LogP contribution in [0.15, 0.2) is 12.4 Å². The van der Waals surface area contributed by atoms with E-state index < -0.39 is 0 Å². The van der Waals surface area contributed by atoms with Crippen LogP contribution in [0.4, 0.5) is 5.82 Å². The summed E-state index contributed by atoms with van der Waals surface area (Å²) in [4.78, 5) is 25.1. The largest absolute Gasteiger partial charge is 0.360 e. The van der Waals surface area contributed by atoms with Gasteiger partial charge in [0.1, 0.15) is 17.0 Å². The molecule has 0 radical (unpaired) electrons. The van der Waals surface area contributed by atoms with Crippen LogP contribution in [0, 0.1) is 5.92 Å². The van der Waals surface area contributed by atoms with E-state index in [1.165, 1.54) is 4.88 Å². The van der Waals surface area contributed by atoms with Crippen molar-refractivity contribution < 1.29 is 4.79 Å². The summed E-state index contributed by atoms with van der Waals surface area (Å²) in [5, 5.41) is 4.22. The normalized spacial score (nSPS) is 16.2. The van der Waals surface area contributed by atoms with Gasteiger partial charge < -0.3 is 10.2 Å². The Labute approximate surface area is 134 Å². The molecule has 0 aromatic carbocycles. The second-order valence-electron chi connectivity index (χ2n) is 5.92. The van der Waals surface area contributed by atoms with Crippen molar-refractivity contribution >= 4 is 33.3 Å². The molecule has 1 amide bonds. The van der Waals surface area contributed by atoms with Crippen molar-refractivity contribution in [3.05, 3.63) is 17.3 Å². The van der Waals surface area contributed by atoms with Gasteiger partial charge in [0.05, 0.1) is 11.9 Å². The number of thiophene rings is 1. The number of fused-ring (bicyclic) bond motifs is 1. The number of aromatic nitrogens is 2. The number of nitrogens with one attached hydrogen (secondary N) is 1. The number of amides is 1. The summed E-state index contributed by atoms with van der Waals surface area (Å²) in [5.74, 6) is 1.65. The van der Waals surface area contributed by atoms with Crippen molar-refractivity contribution in [2.24, 2.45) is 5.92 Å². The molecular formula is C16H22N4OS. The van der Waals surface area contributed by atoms with Gasteiger partial charge in [-0.2, -0.15) is 0 Å². The Bertz CT molecular complexity index is 661. The number of hydrogen-bond acceptors (Lipinski definition) is 5. The van der Waals surface area contributed by atoms with E-state index >= 15 is 0 Å². The van der Waals surface area contributed by atoms with Gasteiger partial charge in [-0.15, -0.1) is 11.3 Å². The average molecular weight is 318 g/mol. The number of nitrogens with zero attached hydrogens (tertiary/aromatic N) is 3. The minimum Gasteiger partial charge on any atom is -0.360 e. The van der Waals surface area contributed by atoms with Crippen LogP contribution < -0.4 is 5.32 Å². The molecule has 5 nitrogen and oxygen atoms in total. The zero-order chi connectivity index (χ0) is 15.5. The lowest BCUT2D eigenvalue weighted by Gasteiger charge is -2.30. The maximum absolute atomic E-state index is 12.3. The van der Waals surface area contributed by atoms with E-state index in [9.17, 15) is 4.79 Å². The third kappa shape index (κ3) is 3.21. The summed E-state index contributed by atoms with van der Waals surface area (Å²) in [7, 11) is 0. The smallest absolute Gasteiger partial charge is 0.241 e. The van der Waals surface area contributed by atoms with E-state index in [0.29, 0.717) is 6.54 Å². The number of carbonyl (C=O) groups excluding carboxylic acids is 1. The van der Waals surface area contributed by atoms with Gasteiger partial charge in [0, 0.05) is 18.0 Å². The molecule has 0 unspecified atom stereocenters. The fourth-order valence-corrected chi connectivity index (χ4v) is 3.68. The van der Waals surface area contributed by atoms with E-state index in [1.807, 2.05) is 4.90 Å².